The van der Waals surface area contributed by atoms with Crippen molar-refractivity contribution in [3.63, 3.8) is 0 Å². The lowest BCUT2D eigenvalue weighted by Crippen LogP contribution is -2.02. The van der Waals surface area contributed by atoms with Gasteiger partial charge in [-0.2, -0.15) is 0 Å². The van der Waals surface area contributed by atoms with Crippen molar-refractivity contribution < 1.29 is 18.7 Å². The Balaban J connectivity index is 2.39. The average Bonchev–Trinajstić information content (AvgIpc) is 2.71. The number of methoxy groups -OCH3 is 1. The third kappa shape index (κ3) is 1.86. The minimum atomic E-state index is -0.447. The number of rotatable bonds is 3. The maximum absolute atomic E-state index is 11.4. The summed E-state index contributed by atoms with van der Waals surface area (Å²) in [6.45, 7) is 2.09. The van der Waals surface area contributed by atoms with Crippen LogP contribution in [0, 0.1) is 0 Å². The molecule has 2 aromatic rings. The van der Waals surface area contributed by atoms with Crippen molar-refractivity contribution in [1.82, 2.24) is 0 Å². The van der Waals surface area contributed by atoms with Gasteiger partial charge in [0.05, 0.1) is 13.7 Å². The second-order valence-corrected chi connectivity index (χ2v) is 3.23. The first-order valence-corrected chi connectivity index (χ1v) is 4.99. The maximum Gasteiger partial charge on any atom is 0.374 e. The summed E-state index contributed by atoms with van der Waals surface area (Å²) in [6, 6.07) is 7.04. The van der Waals surface area contributed by atoms with E-state index in [2.05, 4.69) is 0 Å². The van der Waals surface area contributed by atoms with Gasteiger partial charge in [-0.15, -0.1) is 0 Å². The van der Waals surface area contributed by atoms with Crippen molar-refractivity contribution in [2.75, 3.05) is 13.7 Å². The molecule has 2 rings (SSSR count). The Hall–Kier alpha value is -1.97. The molecule has 1 aromatic heterocycles. The van der Waals surface area contributed by atoms with E-state index in [4.69, 9.17) is 13.9 Å². The Morgan fingerprint density at radius 2 is 2.19 bits per heavy atom. The predicted octanol–water partition coefficient (Wildman–Crippen LogP) is 2.62. The molecule has 0 unspecified atom stereocenters. The Bertz CT molecular complexity index is 513. The molecule has 0 aliphatic rings. The van der Waals surface area contributed by atoms with Crippen LogP contribution in [0.25, 0.3) is 11.0 Å². The van der Waals surface area contributed by atoms with Crippen molar-refractivity contribution in [2.45, 2.75) is 6.92 Å². The molecule has 0 saturated heterocycles. The summed E-state index contributed by atoms with van der Waals surface area (Å²) >= 11 is 0. The van der Waals surface area contributed by atoms with E-state index in [1.165, 1.54) is 0 Å². The van der Waals surface area contributed by atoms with E-state index in [0.29, 0.717) is 17.9 Å². The minimum Gasteiger partial charge on any atom is -0.497 e. The topological polar surface area (TPSA) is 48.7 Å². The zero-order valence-electron chi connectivity index (χ0n) is 9.15. The van der Waals surface area contributed by atoms with E-state index in [1.807, 2.05) is 12.1 Å². The molecule has 16 heavy (non-hydrogen) atoms. The molecule has 4 heteroatoms. The molecule has 0 saturated carbocycles. The van der Waals surface area contributed by atoms with Gasteiger partial charge >= 0.3 is 5.97 Å². The van der Waals surface area contributed by atoms with E-state index in [-0.39, 0.29) is 5.76 Å². The fourth-order valence-corrected chi connectivity index (χ4v) is 1.44. The molecule has 84 valence electrons. The fraction of sp³-hybridized carbons (Fsp3) is 0.250. The number of esters is 1. The average molecular weight is 220 g/mol. The number of furan rings is 1. The second-order valence-electron chi connectivity index (χ2n) is 3.23. The Morgan fingerprint density at radius 1 is 1.38 bits per heavy atom. The maximum atomic E-state index is 11.4. The summed E-state index contributed by atoms with van der Waals surface area (Å²) < 4.78 is 15.3. The van der Waals surface area contributed by atoms with Crippen LogP contribution in [0.2, 0.25) is 0 Å². The molecule has 4 nitrogen and oxygen atoms in total. The van der Waals surface area contributed by atoms with Gasteiger partial charge in [0, 0.05) is 11.5 Å². The van der Waals surface area contributed by atoms with Crippen LogP contribution in [0.3, 0.4) is 0 Å². The highest BCUT2D eigenvalue weighted by molar-refractivity contribution is 5.92. The molecule has 0 atom stereocenters. The largest absolute Gasteiger partial charge is 0.497 e. The highest BCUT2D eigenvalue weighted by Crippen LogP contribution is 2.24. The number of hydrogen-bond acceptors (Lipinski definition) is 4. The van der Waals surface area contributed by atoms with Crippen LogP contribution < -0.4 is 4.74 Å². The Morgan fingerprint density at radius 3 is 2.88 bits per heavy atom. The van der Waals surface area contributed by atoms with E-state index in [9.17, 15) is 4.79 Å². The molecule has 1 heterocycles. The number of hydrogen-bond donors (Lipinski definition) is 0. The fourth-order valence-electron chi connectivity index (χ4n) is 1.44. The lowest BCUT2D eigenvalue weighted by Gasteiger charge is -1.97. The number of fused-ring (bicyclic) bond motifs is 1. The molecule has 1 aromatic carbocycles. The SMILES string of the molecule is CCOC(=O)c1cc2ccc(OC)cc2o1. The lowest BCUT2D eigenvalue weighted by atomic mass is 10.2. The summed E-state index contributed by atoms with van der Waals surface area (Å²) in [5.74, 6) is 0.458. The lowest BCUT2D eigenvalue weighted by molar-refractivity contribution is 0.0492. The van der Waals surface area contributed by atoms with Gasteiger partial charge in [0.25, 0.3) is 0 Å². The first kappa shape index (κ1) is 10.5. The standard InChI is InChI=1S/C12H12O4/c1-3-15-12(13)11-6-8-4-5-9(14-2)7-10(8)16-11/h4-7H,3H2,1-2H3. The van der Waals surface area contributed by atoms with Gasteiger partial charge in [0.2, 0.25) is 5.76 Å². The molecule has 0 aliphatic carbocycles. The third-order valence-electron chi connectivity index (χ3n) is 2.20. The van der Waals surface area contributed by atoms with Gasteiger partial charge in [-0.1, -0.05) is 0 Å². The van der Waals surface area contributed by atoms with Crippen LogP contribution in [0.15, 0.2) is 28.7 Å². The van der Waals surface area contributed by atoms with Crippen molar-refractivity contribution in [2.24, 2.45) is 0 Å². The van der Waals surface area contributed by atoms with E-state index < -0.39 is 5.97 Å². The minimum absolute atomic E-state index is 0.213. The molecule has 0 N–H and O–H groups in total. The first-order chi connectivity index (χ1) is 7.74. The van der Waals surface area contributed by atoms with Crippen LogP contribution in [-0.2, 0) is 4.74 Å². The number of benzene rings is 1. The highest BCUT2D eigenvalue weighted by atomic mass is 16.5. The molecule has 0 fully saturated rings. The molecular formula is C12H12O4. The number of carbonyl (C=O) groups is 1. The first-order valence-electron chi connectivity index (χ1n) is 4.99. The Labute approximate surface area is 92.8 Å². The van der Waals surface area contributed by atoms with Gasteiger partial charge in [-0.05, 0) is 25.1 Å². The van der Waals surface area contributed by atoms with Crippen molar-refractivity contribution in [3.05, 3.63) is 30.0 Å². The van der Waals surface area contributed by atoms with Crippen molar-refractivity contribution >= 4 is 16.9 Å². The monoisotopic (exact) mass is 220 g/mol. The van der Waals surface area contributed by atoms with E-state index >= 15 is 0 Å². The normalized spacial score (nSPS) is 10.4. The summed E-state index contributed by atoms with van der Waals surface area (Å²) in [5.41, 5.74) is 0.613. The van der Waals surface area contributed by atoms with Gasteiger partial charge in [-0.25, -0.2) is 4.79 Å². The van der Waals surface area contributed by atoms with Crippen LogP contribution in [0.5, 0.6) is 5.75 Å². The second kappa shape index (κ2) is 4.26. The van der Waals surface area contributed by atoms with E-state index in [0.717, 1.165) is 5.39 Å². The quantitative estimate of drug-likeness (QED) is 0.746. The van der Waals surface area contributed by atoms with E-state index in [1.54, 1.807) is 26.2 Å². The van der Waals surface area contributed by atoms with Crippen molar-refractivity contribution in [3.8, 4) is 5.75 Å². The van der Waals surface area contributed by atoms with Gasteiger partial charge in [0.1, 0.15) is 11.3 Å². The molecule has 0 bridgehead atoms. The van der Waals surface area contributed by atoms with Crippen LogP contribution >= 0.6 is 0 Å². The summed E-state index contributed by atoms with van der Waals surface area (Å²) in [6.07, 6.45) is 0. The molecule has 0 radical (unpaired) electrons. The third-order valence-corrected chi connectivity index (χ3v) is 2.20. The zero-order chi connectivity index (χ0) is 11.5. The highest BCUT2D eigenvalue weighted by Gasteiger charge is 2.13. The van der Waals surface area contributed by atoms with Gasteiger partial charge in [-0.3, -0.25) is 0 Å². The summed E-state index contributed by atoms with van der Waals surface area (Å²) in [5, 5.41) is 0.851. The smallest absolute Gasteiger partial charge is 0.374 e. The van der Waals surface area contributed by atoms with Crippen LogP contribution in [-0.4, -0.2) is 19.7 Å². The molecule has 0 amide bonds. The zero-order valence-corrected chi connectivity index (χ0v) is 9.15. The van der Waals surface area contributed by atoms with Crippen molar-refractivity contribution in [1.29, 1.82) is 0 Å². The number of ether oxygens (including phenoxy) is 2. The predicted molar refractivity (Wildman–Crippen MR) is 58.7 cm³/mol. The van der Waals surface area contributed by atoms with Gasteiger partial charge in [0.15, 0.2) is 0 Å². The van der Waals surface area contributed by atoms with Gasteiger partial charge < -0.3 is 13.9 Å². The summed E-state index contributed by atoms with van der Waals surface area (Å²) in [7, 11) is 1.58. The molecule has 0 spiro atoms. The summed E-state index contributed by atoms with van der Waals surface area (Å²) in [4.78, 5) is 11.4. The molecule has 0 aliphatic heterocycles. The van der Waals surface area contributed by atoms with Crippen LogP contribution in [0.4, 0.5) is 0 Å². The molecular weight excluding hydrogens is 208 g/mol. The Kier molecular flexibility index (Phi) is 2.81. The number of carbonyl (C=O) groups excluding carboxylic acids is 1. The van der Waals surface area contributed by atoms with Crippen LogP contribution in [0.1, 0.15) is 17.5 Å².